The number of guanidine groups is 1. The van der Waals surface area contributed by atoms with Gasteiger partial charge in [0.05, 0.1) is 19.3 Å². The van der Waals surface area contributed by atoms with Crippen LogP contribution >= 0.6 is 24.0 Å². The third kappa shape index (κ3) is 5.62. The number of pyridine rings is 1. The van der Waals surface area contributed by atoms with Gasteiger partial charge >= 0.3 is 0 Å². The Bertz CT molecular complexity index is 1020. The lowest BCUT2D eigenvalue weighted by molar-refractivity contribution is 0.407. The minimum absolute atomic E-state index is 0. The van der Waals surface area contributed by atoms with Gasteiger partial charge in [-0.1, -0.05) is 0 Å². The van der Waals surface area contributed by atoms with Crippen LogP contribution in [0.1, 0.15) is 29.3 Å². The third-order valence-corrected chi connectivity index (χ3v) is 4.90. The fraction of sp³-hybridized carbons (Fsp3) is 0.364. The van der Waals surface area contributed by atoms with Gasteiger partial charge in [0.15, 0.2) is 5.96 Å². The topological polar surface area (TPSA) is 74.3 Å². The number of hydrogen-bond donors (Lipinski definition) is 3. The molecule has 0 aliphatic carbocycles. The number of aromatic amines is 1. The quantitative estimate of drug-likeness (QED) is 0.245. The molecule has 30 heavy (non-hydrogen) atoms. The normalized spacial score (nSPS) is 11.3. The summed E-state index contributed by atoms with van der Waals surface area (Å²) in [6.07, 6.45) is 4.50. The molecule has 0 aliphatic heterocycles. The van der Waals surface area contributed by atoms with Crippen LogP contribution in [0, 0.1) is 19.7 Å². The molecular formula is C22H29FIN5O. The van der Waals surface area contributed by atoms with Gasteiger partial charge in [-0.05, 0) is 51.0 Å². The smallest absolute Gasteiger partial charge is 0.191 e. The second-order valence-corrected chi connectivity index (χ2v) is 6.92. The number of benzene rings is 1. The van der Waals surface area contributed by atoms with Crippen LogP contribution in [0.15, 0.2) is 35.6 Å². The minimum atomic E-state index is -0.224. The number of fused-ring (bicyclic) bond motifs is 1. The van der Waals surface area contributed by atoms with Gasteiger partial charge in [0.1, 0.15) is 11.6 Å². The van der Waals surface area contributed by atoms with Crippen molar-refractivity contribution >= 4 is 40.8 Å². The molecule has 0 atom stereocenters. The highest BCUT2D eigenvalue weighted by Gasteiger charge is 2.10. The van der Waals surface area contributed by atoms with Crippen LogP contribution < -0.4 is 15.4 Å². The molecule has 0 spiro atoms. The molecule has 0 unspecified atom stereocenters. The predicted molar refractivity (Wildman–Crippen MR) is 130 cm³/mol. The fourth-order valence-electron chi connectivity index (χ4n) is 3.40. The lowest BCUT2D eigenvalue weighted by atomic mass is 10.1. The third-order valence-electron chi connectivity index (χ3n) is 4.90. The van der Waals surface area contributed by atoms with Crippen LogP contribution in [0.25, 0.3) is 10.9 Å². The molecule has 8 heteroatoms. The first kappa shape index (κ1) is 23.9. The zero-order valence-corrected chi connectivity index (χ0v) is 20.1. The Kier molecular flexibility index (Phi) is 8.88. The minimum Gasteiger partial charge on any atom is -0.496 e. The van der Waals surface area contributed by atoms with Crippen molar-refractivity contribution in [2.75, 3.05) is 20.2 Å². The maximum Gasteiger partial charge on any atom is 0.191 e. The van der Waals surface area contributed by atoms with E-state index >= 15 is 0 Å². The molecule has 6 nitrogen and oxygen atoms in total. The number of aromatic nitrogens is 2. The maximum atomic E-state index is 13.5. The molecule has 0 bridgehead atoms. The van der Waals surface area contributed by atoms with E-state index in [9.17, 15) is 4.39 Å². The summed E-state index contributed by atoms with van der Waals surface area (Å²) in [5, 5.41) is 7.51. The van der Waals surface area contributed by atoms with Crippen molar-refractivity contribution in [3.63, 3.8) is 0 Å². The molecule has 2 heterocycles. The molecule has 0 aliphatic rings. The summed E-state index contributed by atoms with van der Waals surface area (Å²) in [5.74, 6) is 1.35. The number of hydrogen-bond acceptors (Lipinski definition) is 3. The molecule has 3 N–H and O–H groups in total. The number of halogens is 2. The molecule has 1 aromatic carbocycles. The summed E-state index contributed by atoms with van der Waals surface area (Å²) >= 11 is 0. The Morgan fingerprint density at radius 3 is 2.80 bits per heavy atom. The number of H-pyrrole nitrogens is 1. The molecule has 0 fully saturated rings. The van der Waals surface area contributed by atoms with Gasteiger partial charge in [-0.3, -0.25) is 4.98 Å². The molecule has 0 amide bonds. The van der Waals surface area contributed by atoms with Gasteiger partial charge < -0.3 is 20.4 Å². The number of nitrogens with one attached hydrogen (secondary N) is 3. The monoisotopic (exact) mass is 525 g/mol. The van der Waals surface area contributed by atoms with Crippen LogP contribution in [0.4, 0.5) is 4.39 Å². The Hall–Kier alpha value is -2.36. The molecule has 0 radical (unpaired) electrons. The van der Waals surface area contributed by atoms with Gasteiger partial charge in [-0.15, -0.1) is 24.0 Å². The van der Waals surface area contributed by atoms with Crippen LogP contribution in [0.3, 0.4) is 0 Å². The van der Waals surface area contributed by atoms with Gasteiger partial charge in [0.25, 0.3) is 0 Å². The van der Waals surface area contributed by atoms with E-state index in [-0.39, 0.29) is 29.8 Å². The summed E-state index contributed by atoms with van der Waals surface area (Å²) < 4.78 is 19.0. The molecule has 3 rings (SSSR count). The summed E-state index contributed by atoms with van der Waals surface area (Å²) in [6.45, 7) is 7.90. The number of aryl methyl sites for hydroxylation is 1. The first-order valence-corrected chi connectivity index (χ1v) is 9.80. The number of ether oxygens (including phenoxy) is 1. The lowest BCUT2D eigenvalue weighted by Gasteiger charge is -2.13. The summed E-state index contributed by atoms with van der Waals surface area (Å²) in [7, 11) is 1.67. The fourth-order valence-corrected chi connectivity index (χ4v) is 3.40. The second-order valence-electron chi connectivity index (χ2n) is 6.92. The Morgan fingerprint density at radius 2 is 2.07 bits per heavy atom. The van der Waals surface area contributed by atoms with E-state index in [1.54, 1.807) is 19.2 Å². The summed E-state index contributed by atoms with van der Waals surface area (Å²) in [4.78, 5) is 12.3. The zero-order valence-electron chi connectivity index (χ0n) is 17.8. The van der Waals surface area contributed by atoms with Crippen molar-refractivity contribution in [2.45, 2.75) is 33.7 Å². The predicted octanol–water partition coefficient (Wildman–Crippen LogP) is 4.24. The Labute approximate surface area is 193 Å². The number of rotatable bonds is 7. The van der Waals surface area contributed by atoms with E-state index in [2.05, 4.69) is 25.6 Å². The number of aliphatic imine (C=N–C) groups is 1. The van der Waals surface area contributed by atoms with Crippen molar-refractivity contribution in [3.8, 4) is 5.75 Å². The van der Waals surface area contributed by atoms with Gasteiger partial charge in [0.2, 0.25) is 0 Å². The Morgan fingerprint density at radius 1 is 1.27 bits per heavy atom. The highest BCUT2D eigenvalue weighted by Crippen LogP contribution is 2.24. The van der Waals surface area contributed by atoms with E-state index in [1.165, 1.54) is 6.07 Å². The van der Waals surface area contributed by atoms with Crippen molar-refractivity contribution in [1.29, 1.82) is 0 Å². The first-order chi connectivity index (χ1) is 14.0. The highest BCUT2D eigenvalue weighted by molar-refractivity contribution is 14.0. The molecule has 162 valence electrons. The van der Waals surface area contributed by atoms with Crippen LogP contribution in [0.5, 0.6) is 5.75 Å². The van der Waals surface area contributed by atoms with E-state index < -0.39 is 0 Å². The lowest BCUT2D eigenvalue weighted by Crippen LogP contribution is -2.38. The van der Waals surface area contributed by atoms with E-state index in [0.717, 1.165) is 58.0 Å². The zero-order chi connectivity index (χ0) is 20.8. The standard InChI is InChI=1S/C22H28FN5O.HI/c1-5-24-22(28-13-20-15(3)21(29-4)14(2)11-26-20)25-9-8-16-12-27-19-7-6-17(23)10-18(16)19;/h6-7,10-12,27H,5,8-9,13H2,1-4H3,(H2,24,25,28);1H. The molecule has 2 aromatic heterocycles. The van der Waals surface area contributed by atoms with E-state index in [0.29, 0.717) is 13.1 Å². The van der Waals surface area contributed by atoms with E-state index in [1.807, 2.05) is 33.2 Å². The largest absolute Gasteiger partial charge is 0.496 e. The number of nitrogens with zero attached hydrogens (tertiary/aromatic N) is 2. The van der Waals surface area contributed by atoms with E-state index in [4.69, 9.17) is 4.74 Å². The first-order valence-electron chi connectivity index (χ1n) is 9.80. The SMILES string of the molecule is CCNC(=NCc1ncc(C)c(OC)c1C)NCCc1c[nH]c2ccc(F)cc12.I. The average molecular weight is 525 g/mol. The van der Waals surface area contributed by atoms with Crippen molar-refractivity contribution < 1.29 is 9.13 Å². The molecule has 0 saturated carbocycles. The van der Waals surface area contributed by atoms with Crippen molar-refractivity contribution in [2.24, 2.45) is 4.99 Å². The summed E-state index contributed by atoms with van der Waals surface area (Å²) in [5.41, 5.74) is 4.92. The average Bonchev–Trinajstić information content (AvgIpc) is 3.09. The van der Waals surface area contributed by atoms with Crippen LogP contribution in [-0.2, 0) is 13.0 Å². The van der Waals surface area contributed by atoms with Gasteiger partial charge in [0, 0.05) is 47.5 Å². The van der Waals surface area contributed by atoms with Gasteiger partial charge in [-0.2, -0.15) is 0 Å². The molecule has 3 aromatic rings. The molecule has 0 saturated heterocycles. The van der Waals surface area contributed by atoms with Crippen LogP contribution in [0.2, 0.25) is 0 Å². The van der Waals surface area contributed by atoms with Gasteiger partial charge in [-0.25, -0.2) is 9.38 Å². The molecular weight excluding hydrogens is 496 g/mol. The van der Waals surface area contributed by atoms with Crippen molar-refractivity contribution in [3.05, 3.63) is 58.8 Å². The number of methoxy groups -OCH3 is 1. The summed E-state index contributed by atoms with van der Waals surface area (Å²) in [6, 6.07) is 4.80. The maximum absolute atomic E-state index is 13.5. The highest BCUT2D eigenvalue weighted by atomic mass is 127. The second kappa shape index (κ2) is 11.1. The van der Waals surface area contributed by atoms with Crippen molar-refractivity contribution in [1.82, 2.24) is 20.6 Å². The van der Waals surface area contributed by atoms with Crippen LogP contribution in [-0.4, -0.2) is 36.1 Å². The Balaban J connectivity index is 0.00000320.